The largest absolute Gasteiger partial charge is 0.392 e. The molecule has 6 nitrogen and oxygen atoms in total. The van der Waals surface area contributed by atoms with Gasteiger partial charge in [-0.3, -0.25) is 4.79 Å². The van der Waals surface area contributed by atoms with Crippen molar-refractivity contribution in [3.8, 4) is 11.1 Å². The van der Waals surface area contributed by atoms with Crippen molar-refractivity contribution in [1.29, 1.82) is 0 Å². The van der Waals surface area contributed by atoms with Gasteiger partial charge in [-0.1, -0.05) is 29.3 Å². The normalized spacial score (nSPS) is 15.2. The Morgan fingerprint density at radius 1 is 1.39 bits per heavy atom. The Balaban J connectivity index is 2.12. The molecule has 1 aromatic carbocycles. The molecule has 2 N–H and O–H groups in total. The highest BCUT2D eigenvalue weighted by atomic mass is 35.5. The van der Waals surface area contributed by atoms with E-state index in [1.807, 2.05) is 0 Å². The molecule has 1 atom stereocenters. The molecule has 1 aliphatic heterocycles. The number of carbonyl (C=O) groups is 1. The fraction of sp³-hybridized carbons (Fsp3) is 0.368. The molecule has 1 unspecified atom stereocenters. The summed E-state index contributed by atoms with van der Waals surface area (Å²) < 4.78 is 5.40. The van der Waals surface area contributed by atoms with Crippen molar-refractivity contribution in [2.24, 2.45) is 0 Å². The average Bonchev–Trinajstić information content (AvgIpc) is 3.08. The topological polar surface area (TPSA) is 66.2 Å². The number of ether oxygens (including phenoxy) is 1. The van der Waals surface area contributed by atoms with Crippen molar-refractivity contribution in [3.05, 3.63) is 44.5 Å². The number of amides is 1. The number of hydrogen-bond acceptors (Lipinski definition) is 5. The molecule has 0 spiro atoms. The van der Waals surface area contributed by atoms with Crippen LogP contribution in [-0.4, -0.2) is 50.0 Å². The van der Waals surface area contributed by atoms with Gasteiger partial charge in [0.15, 0.2) is 0 Å². The van der Waals surface area contributed by atoms with E-state index in [2.05, 4.69) is 15.1 Å². The molecule has 2 aromatic rings. The number of carbonyl (C=O) groups excluding carboxylic acids is 1. The number of rotatable bonds is 5. The van der Waals surface area contributed by atoms with Gasteiger partial charge in [0.25, 0.3) is 5.91 Å². The second kappa shape index (κ2) is 9.12. The van der Waals surface area contributed by atoms with E-state index in [-0.39, 0.29) is 12.5 Å². The summed E-state index contributed by atoms with van der Waals surface area (Å²) >= 11 is 13.5. The molecule has 0 radical (unpaired) electrons. The van der Waals surface area contributed by atoms with Crippen molar-refractivity contribution in [1.82, 2.24) is 5.32 Å². The van der Waals surface area contributed by atoms with E-state index >= 15 is 0 Å². The van der Waals surface area contributed by atoms with Gasteiger partial charge < -0.3 is 20.1 Å². The summed E-state index contributed by atoms with van der Waals surface area (Å²) in [6, 6.07) is 5.06. The van der Waals surface area contributed by atoms with Crippen LogP contribution in [0.15, 0.2) is 18.2 Å². The Bertz CT molecular complexity index is 918. The average molecular weight is 440 g/mol. The van der Waals surface area contributed by atoms with Gasteiger partial charge in [0.1, 0.15) is 0 Å². The molecule has 0 bridgehead atoms. The maximum Gasteiger partial charge on any atom is 0.260 e. The highest BCUT2D eigenvalue weighted by Gasteiger charge is 2.28. The lowest BCUT2D eigenvalue weighted by Gasteiger charge is -2.28. The first-order chi connectivity index (χ1) is 13.4. The van der Waals surface area contributed by atoms with Crippen LogP contribution in [0.4, 0.5) is 10.7 Å². The van der Waals surface area contributed by atoms with Crippen LogP contribution in [0.5, 0.6) is 0 Å². The minimum absolute atomic E-state index is 0.123. The third-order valence-corrected chi connectivity index (χ3v) is 6.23. The summed E-state index contributed by atoms with van der Waals surface area (Å²) in [5, 5.41) is 13.7. The highest BCUT2D eigenvalue weighted by molar-refractivity contribution is 7.19. The number of nitrogens with one attached hydrogen (secondary N) is 1. The molecule has 1 amide bonds. The Hall–Kier alpha value is -1.82. The fourth-order valence-corrected chi connectivity index (χ4v) is 4.42. The maximum atomic E-state index is 12.8. The molecule has 1 aliphatic rings. The van der Waals surface area contributed by atoms with Crippen LogP contribution in [0.1, 0.15) is 16.6 Å². The zero-order chi connectivity index (χ0) is 20.3. The van der Waals surface area contributed by atoms with Crippen molar-refractivity contribution in [2.75, 3.05) is 37.7 Å². The van der Waals surface area contributed by atoms with Gasteiger partial charge in [0, 0.05) is 25.2 Å². The summed E-state index contributed by atoms with van der Waals surface area (Å²) in [6.07, 6.45) is -0.670. The molecule has 0 aliphatic carbocycles. The van der Waals surface area contributed by atoms with Crippen molar-refractivity contribution < 1.29 is 14.6 Å². The van der Waals surface area contributed by atoms with Gasteiger partial charge in [0.05, 0.1) is 45.8 Å². The van der Waals surface area contributed by atoms with Crippen LogP contribution >= 0.6 is 34.5 Å². The SMILES string of the molecule is [C-]#[N+]c1c(N2CCOCC2)sc(C(=O)NCC(C)O)c1-c1ccc(Cl)c(Cl)c1. The maximum absolute atomic E-state index is 12.8. The predicted molar refractivity (Wildman–Crippen MR) is 113 cm³/mol. The number of aliphatic hydroxyl groups excluding tert-OH is 1. The quantitative estimate of drug-likeness (QED) is 0.684. The summed E-state index contributed by atoms with van der Waals surface area (Å²) in [5.41, 5.74) is 1.59. The minimum Gasteiger partial charge on any atom is -0.392 e. The van der Waals surface area contributed by atoms with E-state index in [0.29, 0.717) is 58.0 Å². The molecule has 0 saturated carbocycles. The van der Waals surface area contributed by atoms with Crippen LogP contribution in [-0.2, 0) is 4.74 Å². The molecule has 3 rings (SSSR count). The number of nitrogens with zero attached hydrogens (tertiary/aromatic N) is 2. The standard InChI is InChI=1S/C19H19Cl2N3O3S/c1-11(25)10-23-18(26)17-15(12-3-4-13(20)14(21)9-12)16(22-2)19(28-17)24-5-7-27-8-6-24/h3-4,9,11,25H,5-8,10H2,1H3,(H,23,26). The highest BCUT2D eigenvalue weighted by Crippen LogP contribution is 2.49. The molecule has 1 saturated heterocycles. The number of morpholine rings is 1. The number of thiophene rings is 1. The van der Waals surface area contributed by atoms with E-state index in [0.717, 1.165) is 5.00 Å². The van der Waals surface area contributed by atoms with Gasteiger partial charge in [-0.25, -0.2) is 4.85 Å². The first-order valence-corrected chi connectivity index (χ1v) is 10.3. The molecule has 28 heavy (non-hydrogen) atoms. The van der Waals surface area contributed by atoms with Crippen LogP contribution in [0, 0.1) is 6.57 Å². The summed E-state index contributed by atoms with van der Waals surface area (Å²) in [6.45, 7) is 11.9. The first kappa shape index (κ1) is 20.9. The molecular formula is C19H19Cl2N3O3S. The van der Waals surface area contributed by atoms with E-state index in [1.54, 1.807) is 25.1 Å². The first-order valence-electron chi connectivity index (χ1n) is 8.71. The molecule has 1 aromatic heterocycles. The number of benzene rings is 1. The van der Waals surface area contributed by atoms with Crippen LogP contribution in [0.25, 0.3) is 16.0 Å². The fourth-order valence-electron chi connectivity index (χ4n) is 2.90. The summed E-state index contributed by atoms with van der Waals surface area (Å²) in [4.78, 5) is 19.1. The molecule has 9 heteroatoms. The zero-order valence-corrected chi connectivity index (χ0v) is 17.5. The van der Waals surface area contributed by atoms with Gasteiger partial charge in [-0.05, 0) is 24.6 Å². The lowest BCUT2D eigenvalue weighted by atomic mass is 10.0. The van der Waals surface area contributed by atoms with E-state index in [1.165, 1.54) is 11.3 Å². The van der Waals surface area contributed by atoms with Crippen molar-refractivity contribution in [2.45, 2.75) is 13.0 Å². The van der Waals surface area contributed by atoms with E-state index < -0.39 is 6.10 Å². The third-order valence-electron chi connectivity index (χ3n) is 4.25. The van der Waals surface area contributed by atoms with Crippen LogP contribution in [0.2, 0.25) is 10.0 Å². The van der Waals surface area contributed by atoms with E-state index in [4.69, 9.17) is 34.5 Å². The molecular weight excluding hydrogens is 421 g/mol. The predicted octanol–water partition coefficient (Wildman–Crippen LogP) is 4.22. The third kappa shape index (κ3) is 4.43. The van der Waals surface area contributed by atoms with Gasteiger partial charge in [-0.15, -0.1) is 11.3 Å². The Labute approximate surface area is 177 Å². The monoisotopic (exact) mass is 439 g/mol. The van der Waals surface area contributed by atoms with Gasteiger partial charge in [-0.2, -0.15) is 0 Å². The lowest BCUT2D eigenvalue weighted by molar-refractivity contribution is 0.0928. The number of aliphatic hydroxyl groups is 1. The van der Waals surface area contributed by atoms with E-state index in [9.17, 15) is 9.90 Å². The second-order valence-corrected chi connectivity index (χ2v) is 8.17. The number of anilines is 1. The molecule has 1 fully saturated rings. The minimum atomic E-state index is -0.670. The summed E-state index contributed by atoms with van der Waals surface area (Å²) in [7, 11) is 0. The lowest BCUT2D eigenvalue weighted by Crippen LogP contribution is -2.35. The van der Waals surface area contributed by atoms with Crippen molar-refractivity contribution >= 4 is 51.1 Å². The van der Waals surface area contributed by atoms with Gasteiger partial charge in [0.2, 0.25) is 5.69 Å². The van der Waals surface area contributed by atoms with Crippen molar-refractivity contribution in [3.63, 3.8) is 0 Å². The Kier molecular flexibility index (Phi) is 6.81. The second-order valence-electron chi connectivity index (χ2n) is 6.36. The number of halogens is 2. The summed E-state index contributed by atoms with van der Waals surface area (Å²) in [5.74, 6) is -0.337. The van der Waals surface area contributed by atoms with Gasteiger partial charge >= 0.3 is 0 Å². The molecule has 2 heterocycles. The zero-order valence-electron chi connectivity index (χ0n) is 15.2. The van der Waals surface area contributed by atoms with Crippen LogP contribution in [0.3, 0.4) is 0 Å². The smallest absolute Gasteiger partial charge is 0.260 e. The Morgan fingerprint density at radius 2 is 2.11 bits per heavy atom. The molecule has 148 valence electrons. The Morgan fingerprint density at radius 3 is 2.71 bits per heavy atom. The number of hydrogen-bond donors (Lipinski definition) is 2. The van der Waals surface area contributed by atoms with Crippen LogP contribution < -0.4 is 10.2 Å².